The Bertz CT molecular complexity index is 435. The third-order valence-corrected chi connectivity index (χ3v) is 1.39. The van der Waals surface area contributed by atoms with Gasteiger partial charge in [0.05, 0.1) is 0 Å². The zero-order valence-electron chi connectivity index (χ0n) is 6.49. The van der Waals surface area contributed by atoms with Gasteiger partial charge in [0.2, 0.25) is 0 Å². The second-order valence-corrected chi connectivity index (χ2v) is 2.19. The minimum atomic E-state index is 0.430. The maximum absolute atomic E-state index is 8.24. The summed E-state index contributed by atoms with van der Waals surface area (Å²) < 4.78 is 1.35. The van der Waals surface area contributed by atoms with Crippen molar-refractivity contribution in [3.63, 3.8) is 0 Å². The van der Waals surface area contributed by atoms with Gasteiger partial charge in [0.25, 0.3) is 0 Å². The van der Waals surface area contributed by atoms with Crippen LogP contribution in [-0.4, -0.2) is 31.4 Å². The van der Waals surface area contributed by atoms with Crippen LogP contribution >= 0.6 is 0 Å². The maximum Gasteiger partial charge on any atom is 0.176 e. The van der Waals surface area contributed by atoms with E-state index in [0.29, 0.717) is 11.5 Å². The average molecular weight is 178 g/mol. The van der Waals surface area contributed by atoms with Gasteiger partial charge in [-0.25, -0.2) is 9.98 Å². The SMILES string of the molecule is ONC=Nc1ccc2ncnn2n1. The Hall–Kier alpha value is -2.02. The summed E-state index contributed by atoms with van der Waals surface area (Å²) in [6.07, 6.45) is 2.52. The van der Waals surface area contributed by atoms with E-state index in [1.54, 1.807) is 17.6 Å². The van der Waals surface area contributed by atoms with E-state index < -0.39 is 0 Å². The third-order valence-electron chi connectivity index (χ3n) is 1.39. The second-order valence-electron chi connectivity index (χ2n) is 2.19. The van der Waals surface area contributed by atoms with Gasteiger partial charge < -0.3 is 0 Å². The van der Waals surface area contributed by atoms with Crippen LogP contribution in [0, 0.1) is 0 Å². The zero-order valence-corrected chi connectivity index (χ0v) is 6.49. The average Bonchev–Trinajstić information content (AvgIpc) is 2.61. The fourth-order valence-electron chi connectivity index (χ4n) is 0.875. The Kier molecular flexibility index (Phi) is 1.85. The molecule has 0 fully saturated rings. The normalized spacial score (nSPS) is 11.2. The van der Waals surface area contributed by atoms with Crippen LogP contribution in [-0.2, 0) is 0 Å². The van der Waals surface area contributed by atoms with E-state index in [1.165, 1.54) is 11.0 Å². The van der Waals surface area contributed by atoms with Gasteiger partial charge in [-0.1, -0.05) is 0 Å². The highest BCUT2D eigenvalue weighted by atomic mass is 16.5. The summed E-state index contributed by atoms with van der Waals surface area (Å²) in [5.74, 6) is 0.430. The van der Waals surface area contributed by atoms with Crippen molar-refractivity contribution in [3.05, 3.63) is 18.5 Å². The first kappa shape index (κ1) is 7.62. The molecular formula is C6H6N6O. The first-order chi connectivity index (χ1) is 6.40. The van der Waals surface area contributed by atoms with Crippen LogP contribution in [0.2, 0.25) is 0 Å². The number of hydrogen-bond donors (Lipinski definition) is 2. The molecular weight excluding hydrogens is 172 g/mol. The van der Waals surface area contributed by atoms with Crippen molar-refractivity contribution in [1.29, 1.82) is 0 Å². The molecule has 7 heteroatoms. The quantitative estimate of drug-likeness (QED) is 0.376. The molecule has 66 valence electrons. The molecule has 2 aromatic heterocycles. The molecule has 2 heterocycles. The molecule has 0 radical (unpaired) electrons. The molecule has 0 aliphatic carbocycles. The Balaban J connectivity index is 2.42. The molecule has 0 aromatic carbocycles. The number of rotatable bonds is 2. The molecule has 2 aromatic rings. The fourth-order valence-corrected chi connectivity index (χ4v) is 0.875. The molecule has 0 unspecified atom stereocenters. The summed E-state index contributed by atoms with van der Waals surface area (Å²) in [5.41, 5.74) is 2.43. The van der Waals surface area contributed by atoms with Crippen molar-refractivity contribution in [2.24, 2.45) is 4.99 Å². The number of hydroxylamine groups is 1. The number of hydrogen-bond acceptors (Lipinski definition) is 5. The number of aromatic nitrogens is 4. The predicted octanol–water partition coefficient (Wildman–Crippen LogP) is -0.237. The largest absolute Gasteiger partial charge is 0.290 e. The van der Waals surface area contributed by atoms with Crippen molar-refractivity contribution < 1.29 is 5.21 Å². The van der Waals surface area contributed by atoms with E-state index >= 15 is 0 Å². The molecule has 0 bridgehead atoms. The van der Waals surface area contributed by atoms with Gasteiger partial charge in [-0.15, -0.1) is 14.8 Å². The number of aliphatic imine (C=N–C) groups is 1. The Labute approximate surface area is 72.7 Å². The molecule has 2 rings (SSSR count). The van der Waals surface area contributed by atoms with Crippen molar-refractivity contribution >= 4 is 17.8 Å². The van der Waals surface area contributed by atoms with Gasteiger partial charge in [-0.05, 0) is 12.1 Å². The molecule has 0 saturated carbocycles. The first-order valence-electron chi connectivity index (χ1n) is 3.49. The standard InChI is InChI=1S/C6H6N6O/c13-10-4-7-5-1-2-6-8-3-9-12(6)11-5/h1-4,13H,(H,7,10,11). The smallest absolute Gasteiger partial charge is 0.176 e. The lowest BCUT2D eigenvalue weighted by Crippen LogP contribution is -2.01. The highest BCUT2D eigenvalue weighted by molar-refractivity contribution is 5.58. The predicted molar refractivity (Wildman–Crippen MR) is 43.9 cm³/mol. The highest BCUT2D eigenvalue weighted by Crippen LogP contribution is 2.05. The van der Waals surface area contributed by atoms with E-state index in [9.17, 15) is 0 Å². The van der Waals surface area contributed by atoms with Crippen molar-refractivity contribution in [2.75, 3.05) is 0 Å². The molecule has 0 saturated heterocycles. The van der Waals surface area contributed by atoms with E-state index in [1.807, 2.05) is 0 Å². The van der Waals surface area contributed by atoms with Crippen LogP contribution in [0.1, 0.15) is 0 Å². The number of fused-ring (bicyclic) bond motifs is 1. The zero-order chi connectivity index (χ0) is 9.10. The van der Waals surface area contributed by atoms with Crippen LogP contribution in [0.5, 0.6) is 0 Å². The molecule has 0 amide bonds. The molecule has 13 heavy (non-hydrogen) atoms. The van der Waals surface area contributed by atoms with Crippen LogP contribution in [0.3, 0.4) is 0 Å². The summed E-state index contributed by atoms with van der Waals surface area (Å²) >= 11 is 0. The molecule has 2 N–H and O–H groups in total. The van der Waals surface area contributed by atoms with Crippen LogP contribution in [0.25, 0.3) is 5.65 Å². The molecule has 7 nitrogen and oxygen atoms in total. The Morgan fingerprint density at radius 2 is 2.46 bits per heavy atom. The topological polar surface area (TPSA) is 87.7 Å². The van der Waals surface area contributed by atoms with Crippen molar-refractivity contribution in [3.8, 4) is 0 Å². The van der Waals surface area contributed by atoms with Gasteiger partial charge in [-0.3, -0.25) is 10.7 Å². The maximum atomic E-state index is 8.24. The minimum absolute atomic E-state index is 0.430. The minimum Gasteiger partial charge on any atom is -0.290 e. The Morgan fingerprint density at radius 3 is 3.31 bits per heavy atom. The second kappa shape index (κ2) is 3.15. The first-order valence-corrected chi connectivity index (χ1v) is 3.49. The van der Waals surface area contributed by atoms with Gasteiger partial charge >= 0.3 is 0 Å². The molecule has 0 aliphatic heterocycles. The monoisotopic (exact) mass is 178 g/mol. The van der Waals surface area contributed by atoms with Gasteiger partial charge in [0.1, 0.15) is 12.7 Å². The Morgan fingerprint density at radius 1 is 1.54 bits per heavy atom. The van der Waals surface area contributed by atoms with E-state index in [2.05, 4.69) is 20.2 Å². The molecule has 0 spiro atoms. The lowest BCUT2D eigenvalue weighted by Gasteiger charge is -1.92. The van der Waals surface area contributed by atoms with Crippen molar-refractivity contribution in [1.82, 2.24) is 25.3 Å². The lowest BCUT2D eigenvalue weighted by atomic mass is 10.5. The summed E-state index contributed by atoms with van der Waals surface area (Å²) in [6, 6.07) is 3.39. The summed E-state index contributed by atoms with van der Waals surface area (Å²) in [6.45, 7) is 0. The van der Waals surface area contributed by atoms with Gasteiger partial charge in [-0.2, -0.15) is 0 Å². The molecule has 0 atom stereocenters. The van der Waals surface area contributed by atoms with Crippen LogP contribution in [0.4, 0.5) is 5.82 Å². The number of nitrogens with zero attached hydrogens (tertiary/aromatic N) is 5. The summed E-state index contributed by atoms with van der Waals surface area (Å²) in [7, 11) is 0. The van der Waals surface area contributed by atoms with E-state index in [4.69, 9.17) is 5.21 Å². The van der Waals surface area contributed by atoms with Crippen molar-refractivity contribution in [2.45, 2.75) is 0 Å². The number of nitrogens with one attached hydrogen (secondary N) is 1. The third kappa shape index (κ3) is 1.44. The lowest BCUT2D eigenvalue weighted by molar-refractivity contribution is 0.240. The van der Waals surface area contributed by atoms with Gasteiger partial charge in [0, 0.05) is 0 Å². The summed E-state index contributed by atoms with van der Waals surface area (Å²) in [5, 5.41) is 16.0. The van der Waals surface area contributed by atoms with Crippen LogP contribution < -0.4 is 5.48 Å². The fraction of sp³-hybridized carbons (Fsp3) is 0. The van der Waals surface area contributed by atoms with E-state index in [-0.39, 0.29) is 0 Å². The van der Waals surface area contributed by atoms with Crippen LogP contribution in [0.15, 0.2) is 23.5 Å². The van der Waals surface area contributed by atoms with Gasteiger partial charge in [0.15, 0.2) is 11.5 Å². The molecule has 0 aliphatic rings. The highest BCUT2D eigenvalue weighted by Gasteiger charge is 1.96. The summed E-state index contributed by atoms with van der Waals surface area (Å²) in [4.78, 5) is 7.68. The van der Waals surface area contributed by atoms with E-state index in [0.717, 1.165) is 6.34 Å².